The first-order valence-electron chi connectivity index (χ1n) is 9.75. The first-order valence-corrected chi connectivity index (χ1v) is 9.75. The predicted molar refractivity (Wildman–Crippen MR) is 109 cm³/mol. The number of benzene rings is 1. The Hall–Kier alpha value is -2.87. The molecule has 1 amide bonds. The van der Waals surface area contributed by atoms with Gasteiger partial charge in [-0.3, -0.25) is 4.79 Å². The first-order chi connectivity index (χ1) is 13.7. The average molecular weight is 382 g/mol. The van der Waals surface area contributed by atoms with Gasteiger partial charge in [-0.05, 0) is 37.1 Å². The molecule has 4 rings (SSSR count). The summed E-state index contributed by atoms with van der Waals surface area (Å²) in [6.45, 7) is 4.55. The van der Waals surface area contributed by atoms with Gasteiger partial charge in [0.1, 0.15) is 18.0 Å². The highest BCUT2D eigenvalue weighted by Gasteiger charge is 2.26. The Bertz CT molecular complexity index is 820. The van der Waals surface area contributed by atoms with Crippen LogP contribution in [0.1, 0.15) is 23.2 Å². The van der Waals surface area contributed by atoms with Gasteiger partial charge in [-0.15, -0.1) is 0 Å². The van der Waals surface area contributed by atoms with Crippen LogP contribution in [-0.4, -0.2) is 66.4 Å². The van der Waals surface area contributed by atoms with E-state index in [-0.39, 0.29) is 12.6 Å². The summed E-state index contributed by atoms with van der Waals surface area (Å²) in [7, 11) is 0. The molecule has 0 bridgehead atoms. The lowest BCUT2D eigenvalue weighted by molar-refractivity contribution is 0.100. The van der Waals surface area contributed by atoms with Crippen LogP contribution in [0.4, 0.5) is 17.3 Å². The number of carbonyl (C=O) groups is 1. The van der Waals surface area contributed by atoms with Crippen LogP contribution in [0.2, 0.25) is 0 Å². The van der Waals surface area contributed by atoms with E-state index in [0.29, 0.717) is 5.56 Å². The van der Waals surface area contributed by atoms with Gasteiger partial charge in [0.25, 0.3) is 0 Å². The van der Waals surface area contributed by atoms with Gasteiger partial charge < -0.3 is 25.5 Å². The molecular weight excluding hydrogens is 356 g/mol. The van der Waals surface area contributed by atoms with E-state index >= 15 is 0 Å². The van der Waals surface area contributed by atoms with Crippen LogP contribution in [0.25, 0.3) is 0 Å². The van der Waals surface area contributed by atoms with E-state index in [1.165, 1.54) is 0 Å². The van der Waals surface area contributed by atoms with Crippen molar-refractivity contribution in [3.05, 3.63) is 42.2 Å². The van der Waals surface area contributed by atoms with Crippen molar-refractivity contribution >= 4 is 23.2 Å². The zero-order valence-corrected chi connectivity index (χ0v) is 15.9. The molecule has 2 fully saturated rings. The number of aliphatic hydroxyl groups is 1. The quantitative estimate of drug-likeness (QED) is 0.791. The molecule has 1 unspecified atom stereocenters. The second-order valence-corrected chi connectivity index (χ2v) is 7.29. The van der Waals surface area contributed by atoms with Crippen molar-refractivity contribution in [3.63, 3.8) is 0 Å². The highest BCUT2D eigenvalue weighted by Crippen LogP contribution is 2.26. The monoisotopic (exact) mass is 382 g/mol. The third-order valence-corrected chi connectivity index (χ3v) is 5.64. The van der Waals surface area contributed by atoms with Crippen LogP contribution in [0.3, 0.4) is 0 Å². The number of carbonyl (C=O) groups excluding carboxylic acids is 1. The minimum atomic E-state index is -0.405. The van der Waals surface area contributed by atoms with Crippen molar-refractivity contribution in [2.75, 3.05) is 54.0 Å². The number of hydrogen-bond donors (Lipinski definition) is 2. The van der Waals surface area contributed by atoms with Crippen molar-refractivity contribution in [3.8, 4) is 0 Å². The molecule has 8 heteroatoms. The summed E-state index contributed by atoms with van der Waals surface area (Å²) in [4.78, 5) is 26.9. The van der Waals surface area contributed by atoms with E-state index in [1.54, 1.807) is 18.5 Å². The zero-order valence-electron chi connectivity index (χ0n) is 15.9. The summed E-state index contributed by atoms with van der Waals surface area (Å²) in [5.74, 6) is 1.42. The number of hydrogen-bond acceptors (Lipinski definition) is 7. The standard InChI is InChI=1S/C20H26N6O2/c21-20(28)15-3-5-16(6-4-15)24-8-10-25(11-9-24)18-12-19(23-14-22-18)26-7-1-2-17(26)13-27/h3-6,12,14,17,27H,1-2,7-11,13H2,(H2,21,28). The molecule has 1 aromatic heterocycles. The Morgan fingerprint density at radius 1 is 1.04 bits per heavy atom. The topological polar surface area (TPSA) is 98.8 Å². The normalized spacial score (nSPS) is 19.9. The predicted octanol–water partition coefficient (Wildman–Crippen LogP) is 0.863. The Morgan fingerprint density at radius 3 is 2.39 bits per heavy atom. The molecule has 1 atom stereocenters. The van der Waals surface area contributed by atoms with Crippen molar-refractivity contribution in [1.29, 1.82) is 0 Å². The van der Waals surface area contributed by atoms with Crippen LogP contribution in [0.15, 0.2) is 36.7 Å². The molecule has 2 aromatic rings. The fraction of sp³-hybridized carbons (Fsp3) is 0.450. The molecule has 148 valence electrons. The SMILES string of the molecule is NC(=O)c1ccc(N2CCN(c3cc(N4CCCC4CO)ncn3)CC2)cc1. The second kappa shape index (κ2) is 8.02. The number of nitrogens with zero attached hydrogens (tertiary/aromatic N) is 5. The third kappa shape index (κ3) is 3.73. The van der Waals surface area contributed by atoms with Gasteiger partial charge in [0.15, 0.2) is 0 Å². The summed E-state index contributed by atoms with van der Waals surface area (Å²) in [6, 6.07) is 9.62. The largest absolute Gasteiger partial charge is 0.394 e. The number of anilines is 3. The van der Waals surface area contributed by atoms with E-state index in [1.807, 2.05) is 18.2 Å². The number of aromatic nitrogens is 2. The van der Waals surface area contributed by atoms with Crippen LogP contribution in [-0.2, 0) is 0 Å². The molecule has 2 saturated heterocycles. The van der Waals surface area contributed by atoms with E-state index in [9.17, 15) is 9.90 Å². The van der Waals surface area contributed by atoms with E-state index in [2.05, 4.69) is 24.7 Å². The Morgan fingerprint density at radius 2 is 1.71 bits per heavy atom. The van der Waals surface area contributed by atoms with Gasteiger partial charge >= 0.3 is 0 Å². The molecule has 3 heterocycles. The molecule has 3 N–H and O–H groups in total. The van der Waals surface area contributed by atoms with E-state index in [0.717, 1.165) is 62.9 Å². The summed E-state index contributed by atoms with van der Waals surface area (Å²) in [5.41, 5.74) is 6.93. The van der Waals surface area contributed by atoms with Gasteiger partial charge in [-0.1, -0.05) is 0 Å². The van der Waals surface area contributed by atoms with Gasteiger partial charge in [0.2, 0.25) is 5.91 Å². The molecule has 0 spiro atoms. The number of rotatable bonds is 5. The van der Waals surface area contributed by atoms with Gasteiger partial charge in [0.05, 0.1) is 12.6 Å². The number of piperazine rings is 1. The molecule has 0 saturated carbocycles. The van der Waals surface area contributed by atoms with Gasteiger partial charge in [-0.25, -0.2) is 9.97 Å². The summed E-state index contributed by atoms with van der Waals surface area (Å²) in [5, 5.41) is 9.57. The molecule has 0 radical (unpaired) electrons. The van der Waals surface area contributed by atoms with Crippen LogP contribution in [0, 0.1) is 0 Å². The van der Waals surface area contributed by atoms with E-state index < -0.39 is 5.91 Å². The smallest absolute Gasteiger partial charge is 0.248 e. The summed E-state index contributed by atoms with van der Waals surface area (Å²) < 4.78 is 0. The van der Waals surface area contributed by atoms with Crippen molar-refractivity contribution in [2.45, 2.75) is 18.9 Å². The lowest BCUT2D eigenvalue weighted by Gasteiger charge is -2.37. The molecule has 28 heavy (non-hydrogen) atoms. The lowest BCUT2D eigenvalue weighted by Crippen LogP contribution is -2.47. The van der Waals surface area contributed by atoms with Crippen LogP contribution >= 0.6 is 0 Å². The Kier molecular flexibility index (Phi) is 5.29. The first kappa shape index (κ1) is 18.5. The van der Waals surface area contributed by atoms with Crippen molar-refractivity contribution in [1.82, 2.24) is 9.97 Å². The maximum Gasteiger partial charge on any atom is 0.248 e. The fourth-order valence-corrected chi connectivity index (χ4v) is 4.02. The minimum absolute atomic E-state index is 0.156. The molecule has 2 aliphatic rings. The molecule has 1 aromatic carbocycles. The summed E-state index contributed by atoms with van der Waals surface area (Å²) in [6.07, 6.45) is 3.70. The van der Waals surface area contributed by atoms with Crippen molar-refractivity contribution in [2.24, 2.45) is 5.73 Å². The number of nitrogens with two attached hydrogens (primary N) is 1. The number of aliphatic hydroxyl groups excluding tert-OH is 1. The molecule has 0 aliphatic carbocycles. The maximum absolute atomic E-state index is 11.2. The van der Waals surface area contributed by atoms with Crippen LogP contribution < -0.4 is 20.4 Å². The highest BCUT2D eigenvalue weighted by molar-refractivity contribution is 5.93. The fourth-order valence-electron chi connectivity index (χ4n) is 4.02. The average Bonchev–Trinajstić information content (AvgIpc) is 3.23. The molecular formula is C20H26N6O2. The number of primary amides is 1. The van der Waals surface area contributed by atoms with Gasteiger partial charge in [-0.2, -0.15) is 0 Å². The third-order valence-electron chi connectivity index (χ3n) is 5.64. The van der Waals surface area contributed by atoms with Crippen LogP contribution in [0.5, 0.6) is 0 Å². The van der Waals surface area contributed by atoms with E-state index in [4.69, 9.17) is 5.73 Å². The maximum atomic E-state index is 11.2. The van der Waals surface area contributed by atoms with Crippen molar-refractivity contribution < 1.29 is 9.90 Å². The Balaban J connectivity index is 1.41. The molecule has 2 aliphatic heterocycles. The lowest BCUT2D eigenvalue weighted by atomic mass is 10.1. The Labute approximate surface area is 164 Å². The molecule has 8 nitrogen and oxygen atoms in total. The van der Waals surface area contributed by atoms with Gasteiger partial charge in [0, 0.05) is 50.0 Å². The number of amides is 1. The summed E-state index contributed by atoms with van der Waals surface area (Å²) >= 11 is 0. The minimum Gasteiger partial charge on any atom is -0.394 e. The zero-order chi connectivity index (χ0) is 19.5. The second-order valence-electron chi connectivity index (χ2n) is 7.29. The highest BCUT2D eigenvalue weighted by atomic mass is 16.3.